The molecule has 3 rings (SSSR count). The molecule has 10 heteroatoms. The second-order valence-corrected chi connectivity index (χ2v) is 7.06. The number of aryl methyl sites for hydroxylation is 1. The van der Waals surface area contributed by atoms with Crippen molar-refractivity contribution in [3.05, 3.63) is 45.0 Å². The molecule has 1 N–H and O–H groups in total. The predicted molar refractivity (Wildman–Crippen MR) is 98.7 cm³/mol. The Balaban J connectivity index is 1.83. The van der Waals surface area contributed by atoms with E-state index in [1.165, 1.54) is 17.0 Å². The van der Waals surface area contributed by atoms with Gasteiger partial charge in [-0.1, -0.05) is 6.92 Å². The minimum absolute atomic E-state index is 0.0114. The molecule has 146 valence electrons. The van der Waals surface area contributed by atoms with Crippen molar-refractivity contribution >= 4 is 28.7 Å². The maximum absolute atomic E-state index is 12.7. The monoisotopic (exact) mass is 495 g/mol. The van der Waals surface area contributed by atoms with Gasteiger partial charge in [0.05, 0.1) is 11.3 Å². The first-order valence-electron chi connectivity index (χ1n) is 8.26. The number of amides is 1. The first kappa shape index (κ1) is 19.8. The summed E-state index contributed by atoms with van der Waals surface area (Å²) in [4.78, 5) is 17.4. The number of hydrogen-bond donors (Lipinski definition) is 1. The van der Waals surface area contributed by atoms with Crippen molar-refractivity contribution in [3.8, 4) is 5.75 Å². The summed E-state index contributed by atoms with van der Waals surface area (Å²) in [6, 6.07) is 3.76. The van der Waals surface area contributed by atoms with Gasteiger partial charge in [-0.25, -0.2) is 9.78 Å². The highest BCUT2D eigenvalue weighted by atomic mass is 127. The highest BCUT2D eigenvalue weighted by molar-refractivity contribution is 14.1. The van der Waals surface area contributed by atoms with Gasteiger partial charge in [0.1, 0.15) is 27.9 Å². The van der Waals surface area contributed by atoms with E-state index in [0.29, 0.717) is 16.8 Å². The molecule has 6 nitrogen and oxygen atoms in total. The summed E-state index contributed by atoms with van der Waals surface area (Å²) < 4.78 is 46.3. The van der Waals surface area contributed by atoms with Crippen LogP contribution in [0.4, 0.5) is 18.0 Å². The number of alkyl halides is 3. The number of benzene rings is 1. The van der Waals surface area contributed by atoms with Gasteiger partial charge in [-0.05, 0) is 46.9 Å². The van der Waals surface area contributed by atoms with Gasteiger partial charge in [-0.15, -0.1) is 0 Å². The molecule has 0 spiro atoms. The lowest BCUT2D eigenvalue weighted by molar-refractivity contribution is -0.137. The van der Waals surface area contributed by atoms with Crippen LogP contribution in [0.3, 0.4) is 0 Å². The van der Waals surface area contributed by atoms with E-state index in [1.807, 2.05) is 11.5 Å². The highest BCUT2D eigenvalue weighted by Crippen LogP contribution is 2.33. The van der Waals surface area contributed by atoms with Crippen LogP contribution in [-0.2, 0) is 19.1 Å². The molecule has 1 amide bonds. The molecular formula is C17H17F3IN3O3. The fraction of sp³-hybridized carbons (Fsp3) is 0.412. The summed E-state index contributed by atoms with van der Waals surface area (Å²) in [6.45, 7) is 2.77. The van der Waals surface area contributed by atoms with Gasteiger partial charge in [0, 0.05) is 19.5 Å². The molecule has 1 aromatic heterocycles. The van der Waals surface area contributed by atoms with Crippen molar-refractivity contribution in [1.29, 1.82) is 0 Å². The van der Waals surface area contributed by atoms with Crippen LogP contribution in [0.15, 0.2) is 24.3 Å². The van der Waals surface area contributed by atoms with Gasteiger partial charge < -0.3 is 14.4 Å². The van der Waals surface area contributed by atoms with E-state index in [2.05, 4.69) is 27.6 Å². The Morgan fingerprint density at radius 3 is 2.56 bits per heavy atom. The number of carboxylic acid groups (broad SMARTS) is 1. The maximum atomic E-state index is 12.7. The summed E-state index contributed by atoms with van der Waals surface area (Å²) in [5.74, 6) is 1.12. The lowest BCUT2D eigenvalue weighted by Crippen LogP contribution is -2.44. The predicted octanol–water partition coefficient (Wildman–Crippen LogP) is 4.18. The van der Waals surface area contributed by atoms with E-state index in [0.717, 1.165) is 30.1 Å². The summed E-state index contributed by atoms with van der Waals surface area (Å²) in [5.41, 5.74) is -0.00657. The van der Waals surface area contributed by atoms with Gasteiger partial charge in [-0.2, -0.15) is 13.2 Å². The molecule has 1 aliphatic heterocycles. The number of carbonyl (C=O) groups is 1. The molecule has 0 saturated heterocycles. The molecule has 0 aliphatic carbocycles. The summed E-state index contributed by atoms with van der Waals surface area (Å²) in [5, 5.41) is 9.53. The smallest absolute Gasteiger partial charge is 0.416 e. The van der Waals surface area contributed by atoms with Crippen molar-refractivity contribution in [3.63, 3.8) is 0 Å². The van der Waals surface area contributed by atoms with Gasteiger partial charge in [0.2, 0.25) is 0 Å². The Morgan fingerprint density at radius 2 is 2.00 bits per heavy atom. The number of fused-ring (bicyclic) bond motifs is 1. The second kappa shape index (κ2) is 7.56. The number of aromatic nitrogens is 2. The molecule has 0 bridgehead atoms. The quantitative estimate of drug-likeness (QED) is 0.647. The number of rotatable bonds is 4. The number of nitrogens with zero attached hydrogens (tertiary/aromatic N) is 3. The van der Waals surface area contributed by atoms with Crippen LogP contribution in [0.1, 0.15) is 30.0 Å². The third kappa shape index (κ3) is 3.99. The minimum atomic E-state index is -4.42. The average molecular weight is 495 g/mol. The largest absolute Gasteiger partial charge is 0.491 e. The molecule has 1 atom stereocenters. The Bertz CT molecular complexity index is 836. The zero-order valence-corrected chi connectivity index (χ0v) is 16.5. The Kier molecular flexibility index (Phi) is 5.54. The Hall–Kier alpha value is -1.98. The van der Waals surface area contributed by atoms with Crippen molar-refractivity contribution in [2.45, 2.75) is 32.1 Å². The second-order valence-electron chi connectivity index (χ2n) is 6.03. The molecule has 2 aromatic rings. The van der Waals surface area contributed by atoms with Gasteiger partial charge in [0.15, 0.2) is 0 Å². The fourth-order valence-electron chi connectivity index (χ4n) is 3.14. The van der Waals surface area contributed by atoms with E-state index in [-0.39, 0.29) is 12.4 Å². The molecular weight excluding hydrogens is 478 g/mol. The molecule has 0 saturated carbocycles. The first-order chi connectivity index (χ1) is 12.7. The summed E-state index contributed by atoms with van der Waals surface area (Å²) >= 11 is 2.07. The number of hydrogen-bond acceptors (Lipinski definition) is 3. The lowest BCUT2D eigenvalue weighted by Gasteiger charge is -2.35. The number of imidazole rings is 1. The van der Waals surface area contributed by atoms with E-state index in [4.69, 9.17) is 4.74 Å². The van der Waals surface area contributed by atoms with Crippen molar-refractivity contribution < 1.29 is 27.8 Å². The summed E-state index contributed by atoms with van der Waals surface area (Å²) in [6.07, 6.45) is -4.77. The fourth-order valence-corrected chi connectivity index (χ4v) is 4.07. The first-order valence-corrected chi connectivity index (χ1v) is 9.34. The molecule has 0 radical (unpaired) electrons. The van der Waals surface area contributed by atoms with Crippen LogP contribution in [0.2, 0.25) is 0 Å². The molecule has 2 heterocycles. The maximum Gasteiger partial charge on any atom is 0.416 e. The SMILES string of the molecule is CCc1nc(I)c2n1CCN(C(=O)O)C2COc1ccc(C(F)(F)F)cc1. The van der Waals surface area contributed by atoms with Crippen molar-refractivity contribution in [1.82, 2.24) is 14.5 Å². The Morgan fingerprint density at radius 1 is 1.33 bits per heavy atom. The lowest BCUT2D eigenvalue weighted by atomic mass is 10.1. The van der Waals surface area contributed by atoms with Gasteiger partial charge in [-0.3, -0.25) is 4.90 Å². The van der Waals surface area contributed by atoms with E-state index >= 15 is 0 Å². The number of ether oxygens (including phenoxy) is 1. The van der Waals surface area contributed by atoms with Crippen LogP contribution in [0.25, 0.3) is 0 Å². The van der Waals surface area contributed by atoms with Gasteiger partial charge in [0.25, 0.3) is 0 Å². The number of halogens is 4. The third-order valence-electron chi connectivity index (χ3n) is 4.45. The van der Waals surface area contributed by atoms with Crippen molar-refractivity contribution in [2.75, 3.05) is 13.2 Å². The van der Waals surface area contributed by atoms with E-state index in [9.17, 15) is 23.1 Å². The molecule has 1 unspecified atom stereocenters. The zero-order valence-electron chi connectivity index (χ0n) is 14.3. The van der Waals surface area contributed by atoms with Crippen LogP contribution in [0.5, 0.6) is 5.75 Å². The van der Waals surface area contributed by atoms with E-state index < -0.39 is 23.9 Å². The van der Waals surface area contributed by atoms with Crippen LogP contribution < -0.4 is 4.74 Å². The molecule has 27 heavy (non-hydrogen) atoms. The normalized spacial score (nSPS) is 16.9. The molecule has 1 aromatic carbocycles. The van der Waals surface area contributed by atoms with Crippen LogP contribution >= 0.6 is 22.6 Å². The Labute approximate surface area is 167 Å². The highest BCUT2D eigenvalue weighted by Gasteiger charge is 2.35. The zero-order chi connectivity index (χ0) is 19.8. The standard InChI is InChI=1S/C17H17F3IN3O3/c1-2-13-22-15(21)14-12(23(16(25)26)7-8-24(13)14)9-27-11-5-3-10(4-6-11)17(18,19)20/h3-6,12H,2,7-9H2,1H3,(H,25,26). The molecule has 0 fully saturated rings. The third-order valence-corrected chi connectivity index (χ3v) is 5.24. The van der Waals surface area contributed by atoms with Crippen molar-refractivity contribution in [2.24, 2.45) is 0 Å². The van der Waals surface area contributed by atoms with Gasteiger partial charge >= 0.3 is 12.3 Å². The summed E-state index contributed by atoms with van der Waals surface area (Å²) in [7, 11) is 0. The minimum Gasteiger partial charge on any atom is -0.491 e. The molecule has 1 aliphatic rings. The topological polar surface area (TPSA) is 67.6 Å². The van der Waals surface area contributed by atoms with Crippen LogP contribution in [0, 0.1) is 3.70 Å². The van der Waals surface area contributed by atoms with E-state index in [1.54, 1.807) is 0 Å². The van der Waals surface area contributed by atoms with Crippen LogP contribution in [-0.4, -0.2) is 38.8 Å². The average Bonchev–Trinajstić information content (AvgIpc) is 2.95.